The quantitative estimate of drug-likeness (QED) is 0.203. The predicted octanol–water partition coefficient (Wildman–Crippen LogP) is -5.76. The van der Waals surface area contributed by atoms with E-state index in [9.17, 15) is 35.7 Å². The number of aliphatic hydroxyl groups is 9. The Kier molecular flexibility index (Phi) is 8.20. The predicted molar refractivity (Wildman–Crippen MR) is 70.8 cm³/mol. The van der Waals surface area contributed by atoms with Crippen LogP contribution in [-0.4, -0.2) is 121 Å². The molecule has 11 nitrogen and oxygen atoms in total. The van der Waals surface area contributed by atoms with Crippen molar-refractivity contribution in [1.82, 2.24) is 0 Å². The highest BCUT2D eigenvalue weighted by molar-refractivity contribution is 4.89. The van der Waals surface area contributed by atoms with E-state index in [1.807, 2.05) is 0 Å². The largest absolute Gasteiger partial charge is 0.394 e. The molecule has 138 valence electrons. The van der Waals surface area contributed by atoms with E-state index in [1.54, 1.807) is 0 Å². The molecule has 23 heavy (non-hydrogen) atoms. The zero-order valence-corrected chi connectivity index (χ0v) is 12.2. The van der Waals surface area contributed by atoms with Gasteiger partial charge in [0.1, 0.15) is 48.8 Å². The molecule has 1 heterocycles. The van der Waals surface area contributed by atoms with Crippen molar-refractivity contribution in [1.29, 1.82) is 0 Å². The maximum absolute atomic E-state index is 9.70. The van der Waals surface area contributed by atoms with E-state index in [-0.39, 0.29) is 0 Å². The molecule has 0 unspecified atom stereocenters. The number of hydrogen-bond acceptors (Lipinski definition) is 11. The van der Waals surface area contributed by atoms with Crippen molar-refractivity contribution in [3.8, 4) is 0 Å². The van der Waals surface area contributed by atoms with Crippen molar-refractivity contribution in [3.05, 3.63) is 0 Å². The van der Waals surface area contributed by atoms with Gasteiger partial charge in [0.2, 0.25) is 0 Å². The second-order valence-corrected chi connectivity index (χ2v) is 5.33. The molecule has 0 aromatic heterocycles. The third-order valence-electron chi connectivity index (χ3n) is 3.61. The van der Waals surface area contributed by atoms with Gasteiger partial charge in [-0.3, -0.25) is 0 Å². The van der Waals surface area contributed by atoms with Crippen LogP contribution in [0.2, 0.25) is 0 Å². The van der Waals surface area contributed by atoms with Crippen LogP contribution in [0.1, 0.15) is 0 Å². The van der Waals surface area contributed by atoms with Crippen molar-refractivity contribution >= 4 is 0 Å². The summed E-state index contributed by atoms with van der Waals surface area (Å²) >= 11 is 0. The number of ether oxygens (including phenoxy) is 2. The van der Waals surface area contributed by atoms with E-state index in [4.69, 9.17) is 19.7 Å². The molecule has 0 bridgehead atoms. The smallest absolute Gasteiger partial charge is 0.186 e. The van der Waals surface area contributed by atoms with Crippen LogP contribution in [0, 0.1) is 0 Å². The molecule has 0 aromatic carbocycles. The normalized spacial score (nSPS) is 37.2. The Hall–Kier alpha value is -0.440. The van der Waals surface area contributed by atoms with E-state index in [0.29, 0.717) is 0 Å². The Balaban J connectivity index is 2.55. The molecule has 1 aliphatic heterocycles. The van der Waals surface area contributed by atoms with Gasteiger partial charge in [0.25, 0.3) is 0 Å². The molecule has 0 aliphatic carbocycles. The van der Waals surface area contributed by atoms with Crippen LogP contribution < -0.4 is 0 Å². The lowest BCUT2D eigenvalue weighted by Crippen LogP contribution is -2.59. The first-order valence-corrected chi connectivity index (χ1v) is 6.99. The van der Waals surface area contributed by atoms with Gasteiger partial charge in [-0.1, -0.05) is 0 Å². The topological polar surface area (TPSA) is 201 Å². The molecule has 0 radical (unpaired) electrons. The molecule has 0 spiro atoms. The second kappa shape index (κ2) is 9.15. The minimum absolute atomic E-state index is 0.655. The third-order valence-corrected chi connectivity index (χ3v) is 3.61. The first-order chi connectivity index (χ1) is 10.7. The average Bonchev–Trinajstić information content (AvgIpc) is 2.56. The molecule has 1 fully saturated rings. The maximum Gasteiger partial charge on any atom is 0.186 e. The Labute approximate surface area is 131 Å². The van der Waals surface area contributed by atoms with E-state index in [1.165, 1.54) is 0 Å². The second-order valence-electron chi connectivity index (χ2n) is 5.33. The zero-order valence-electron chi connectivity index (χ0n) is 12.2. The lowest BCUT2D eigenvalue weighted by molar-refractivity contribution is -0.306. The van der Waals surface area contributed by atoms with Crippen molar-refractivity contribution < 1.29 is 55.4 Å². The zero-order chi connectivity index (χ0) is 17.7. The highest BCUT2D eigenvalue weighted by atomic mass is 16.7. The molecule has 9 atom stereocenters. The van der Waals surface area contributed by atoms with E-state index in [2.05, 4.69) is 0 Å². The molecule has 1 rings (SSSR count). The third kappa shape index (κ3) is 5.01. The molecule has 9 N–H and O–H groups in total. The van der Waals surface area contributed by atoms with E-state index < -0.39 is 74.9 Å². The summed E-state index contributed by atoms with van der Waals surface area (Å²) < 4.78 is 9.99. The number of hydrogen-bond donors (Lipinski definition) is 9. The highest BCUT2D eigenvalue weighted by Gasteiger charge is 2.44. The Morgan fingerprint density at radius 2 is 1.39 bits per heavy atom. The summed E-state index contributed by atoms with van der Waals surface area (Å²) in [5.74, 6) is 0. The summed E-state index contributed by atoms with van der Waals surface area (Å²) in [7, 11) is 0. The fourth-order valence-electron chi connectivity index (χ4n) is 2.06. The molecular weight excluding hydrogens is 320 g/mol. The first-order valence-electron chi connectivity index (χ1n) is 6.99. The van der Waals surface area contributed by atoms with Crippen LogP contribution in [0.5, 0.6) is 0 Å². The van der Waals surface area contributed by atoms with Crippen molar-refractivity contribution in [2.24, 2.45) is 0 Å². The molecule has 0 amide bonds. The molecule has 0 saturated carbocycles. The van der Waals surface area contributed by atoms with Gasteiger partial charge in [-0.25, -0.2) is 0 Å². The molecular formula is C12H24O11. The Morgan fingerprint density at radius 1 is 0.826 bits per heavy atom. The van der Waals surface area contributed by atoms with Gasteiger partial charge in [0, 0.05) is 0 Å². The van der Waals surface area contributed by atoms with E-state index in [0.717, 1.165) is 0 Å². The minimum atomic E-state index is -1.86. The maximum atomic E-state index is 9.70. The van der Waals surface area contributed by atoms with Gasteiger partial charge in [0.15, 0.2) is 6.29 Å². The van der Waals surface area contributed by atoms with E-state index >= 15 is 0 Å². The van der Waals surface area contributed by atoms with Gasteiger partial charge in [-0.15, -0.1) is 0 Å². The standard InChI is InChI=1S/C12H24O11/c13-1-4(15)7(17)8(18)5(16)3-22-12-11(21)10(20)9(19)6(2-14)23-12/h4-21H,1-3H2/t4-,5-,6-,7-,8-,9+,10-,11-,12+/m1/s1. The Morgan fingerprint density at radius 3 is 1.91 bits per heavy atom. The van der Waals surface area contributed by atoms with Crippen molar-refractivity contribution in [2.45, 2.75) is 55.1 Å². The highest BCUT2D eigenvalue weighted by Crippen LogP contribution is 2.22. The SMILES string of the molecule is OC[C@@H](O)[C@@H](O)[C@H](O)[C@H](O)CO[C@H]1O[C@H](CO)[C@H](O)[C@@H](O)[C@H]1O. The van der Waals surface area contributed by atoms with Crippen LogP contribution in [0.25, 0.3) is 0 Å². The number of aliphatic hydroxyl groups excluding tert-OH is 9. The average molecular weight is 344 g/mol. The van der Waals surface area contributed by atoms with Crippen LogP contribution in [0.4, 0.5) is 0 Å². The Bertz CT molecular complexity index is 341. The summed E-state index contributed by atoms with van der Waals surface area (Å²) in [5.41, 5.74) is 0. The summed E-state index contributed by atoms with van der Waals surface area (Å²) in [5, 5.41) is 84.4. The van der Waals surface area contributed by atoms with Crippen molar-refractivity contribution in [2.75, 3.05) is 19.8 Å². The van der Waals surface area contributed by atoms with Crippen LogP contribution in [0.3, 0.4) is 0 Å². The monoisotopic (exact) mass is 344 g/mol. The fraction of sp³-hybridized carbons (Fsp3) is 1.00. The lowest BCUT2D eigenvalue weighted by atomic mass is 9.99. The van der Waals surface area contributed by atoms with Crippen LogP contribution >= 0.6 is 0 Å². The summed E-state index contributed by atoms with van der Waals surface area (Å²) in [4.78, 5) is 0. The lowest BCUT2D eigenvalue weighted by Gasteiger charge is -2.40. The molecule has 1 saturated heterocycles. The van der Waals surface area contributed by atoms with Gasteiger partial charge < -0.3 is 55.4 Å². The summed E-state index contributed by atoms with van der Waals surface area (Å²) in [6, 6.07) is 0. The molecule has 0 aromatic rings. The first kappa shape index (κ1) is 20.6. The number of rotatable bonds is 8. The van der Waals surface area contributed by atoms with Crippen LogP contribution in [-0.2, 0) is 9.47 Å². The molecule has 1 aliphatic rings. The van der Waals surface area contributed by atoms with Gasteiger partial charge in [0.05, 0.1) is 19.8 Å². The fourth-order valence-corrected chi connectivity index (χ4v) is 2.06. The summed E-state index contributed by atoms with van der Waals surface area (Å²) in [6.07, 6.45) is -14.7. The van der Waals surface area contributed by atoms with Gasteiger partial charge >= 0.3 is 0 Å². The van der Waals surface area contributed by atoms with Crippen molar-refractivity contribution in [3.63, 3.8) is 0 Å². The minimum Gasteiger partial charge on any atom is -0.394 e. The molecule has 11 heteroatoms. The van der Waals surface area contributed by atoms with Gasteiger partial charge in [-0.2, -0.15) is 0 Å². The summed E-state index contributed by atoms with van der Waals surface area (Å²) in [6.45, 7) is -2.16. The van der Waals surface area contributed by atoms with Crippen LogP contribution in [0.15, 0.2) is 0 Å². The van der Waals surface area contributed by atoms with Gasteiger partial charge in [-0.05, 0) is 0 Å².